The van der Waals surface area contributed by atoms with E-state index < -0.39 is 6.09 Å². The number of hydrogen-bond donors (Lipinski definition) is 1. The van der Waals surface area contributed by atoms with Gasteiger partial charge in [-0.15, -0.1) is 0 Å². The van der Waals surface area contributed by atoms with Crippen LogP contribution >= 0.6 is 0 Å². The number of carbonyl (C=O) groups excluding carboxylic acids is 2. The Bertz CT molecular complexity index is 203. The molecule has 74 valence electrons. The normalized spacial score (nSPS) is 22.5. The van der Waals surface area contributed by atoms with E-state index in [0.717, 1.165) is 19.3 Å². The molecule has 1 saturated carbocycles. The van der Waals surface area contributed by atoms with E-state index in [9.17, 15) is 9.59 Å². The fourth-order valence-corrected chi connectivity index (χ4v) is 1.45. The molecular weight excluding hydrogens is 170 g/mol. The number of ketones is 1. The molecular formula is C9H15NO3. The van der Waals surface area contributed by atoms with Crippen molar-refractivity contribution in [2.24, 2.45) is 0 Å². The summed E-state index contributed by atoms with van der Waals surface area (Å²) in [6.45, 7) is 2.08. The van der Waals surface area contributed by atoms with E-state index in [1.807, 2.05) is 0 Å². The van der Waals surface area contributed by atoms with Gasteiger partial charge in [0.25, 0.3) is 0 Å². The molecule has 0 spiro atoms. The maximum atomic E-state index is 11.3. The SMILES string of the molecule is CCOC(=O)N[C@H]1CCCCC1=O. The van der Waals surface area contributed by atoms with Crippen LogP contribution in [0, 0.1) is 0 Å². The van der Waals surface area contributed by atoms with Gasteiger partial charge in [0.1, 0.15) is 0 Å². The molecule has 1 amide bonds. The van der Waals surface area contributed by atoms with Crippen molar-refractivity contribution in [1.29, 1.82) is 0 Å². The smallest absolute Gasteiger partial charge is 0.407 e. The van der Waals surface area contributed by atoms with E-state index in [1.54, 1.807) is 6.92 Å². The van der Waals surface area contributed by atoms with Gasteiger partial charge < -0.3 is 10.1 Å². The van der Waals surface area contributed by atoms with Crippen molar-refractivity contribution < 1.29 is 14.3 Å². The third-order valence-corrected chi connectivity index (χ3v) is 2.12. The van der Waals surface area contributed by atoms with Crippen molar-refractivity contribution in [3.63, 3.8) is 0 Å². The highest BCUT2D eigenvalue weighted by molar-refractivity contribution is 5.87. The van der Waals surface area contributed by atoms with Gasteiger partial charge in [0.2, 0.25) is 0 Å². The molecule has 1 atom stereocenters. The van der Waals surface area contributed by atoms with Gasteiger partial charge in [-0.05, 0) is 19.8 Å². The maximum Gasteiger partial charge on any atom is 0.407 e. The zero-order valence-corrected chi connectivity index (χ0v) is 7.84. The van der Waals surface area contributed by atoms with Crippen molar-refractivity contribution in [2.75, 3.05) is 6.61 Å². The van der Waals surface area contributed by atoms with Crippen LogP contribution < -0.4 is 5.32 Å². The van der Waals surface area contributed by atoms with Gasteiger partial charge in [0.15, 0.2) is 5.78 Å². The van der Waals surface area contributed by atoms with Crippen molar-refractivity contribution in [3.8, 4) is 0 Å². The fourth-order valence-electron chi connectivity index (χ4n) is 1.45. The Labute approximate surface area is 77.6 Å². The second-order valence-electron chi connectivity index (χ2n) is 3.13. The molecule has 0 saturated heterocycles. The predicted octanol–water partition coefficient (Wildman–Crippen LogP) is 1.24. The van der Waals surface area contributed by atoms with Crippen LogP contribution in [0.15, 0.2) is 0 Å². The molecule has 1 N–H and O–H groups in total. The zero-order chi connectivity index (χ0) is 9.68. The number of hydrogen-bond acceptors (Lipinski definition) is 3. The molecule has 0 radical (unpaired) electrons. The summed E-state index contributed by atoms with van der Waals surface area (Å²) in [7, 11) is 0. The Kier molecular flexibility index (Phi) is 3.73. The summed E-state index contributed by atoms with van der Waals surface area (Å²) in [6, 6.07) is -0.312. The molecule has 1 aliphatic rings. The molecule has 1 aliphatic carbocycles. The van der Waals surface area contributed by atoms with Gasteiger partial charge in [-0.25, -0.2) is 4.79 Å². The fraction of sp³-hybridized carbons (Fsp3) is 0.778. The van der Waals surface area contributed by atoms with Crippen molar-refractivity contribution >= 4 is 11.9 Å². The summed E-state index contributed by atoms with van der Waals surface area (Å²) in [6.07, 6.45) is 2.79. The second kappa shape index (κ2) is 4.84. The van der Waals surface area contributed by atoms with Gasteiger partial charge in [0.05, 0.1) is 12.6 Å². The minimum Gasteiger partial charge on any atom is -0.450 e. The predicted molar refractivity (Wildman–Crippen MR) is 47.4 cm³/mol. The standard InChI is InChI=1S/C9H15NO3/c1-2-13-9(12)10-7-5-3-4-6-8(7)11/h7H,2-6H2,1H3,(H,10,12)/t7-/m0/s1. The first kappa shape index (κ1) is 10.0. The number of nitrogens with one attached hydrogen (secondary N) is 1. The van der Waals surface area contributed by atoms with Crippen LogP contribution in [-0.4, -0.2) is 24.5 Å². The van der Waals surface area contributed by atoms with Crippen LogP contribution in [0.1, 0.15) is 32.6 Å². The lowest BCUT2D eigenvalue weighted by Gasteiger charge is -2.20. The molecule has 0 bridgehead atoms. The van der Waals surface area contributed by atoms with Crippen LogP contribution in [0.25, 0.3) is 0 Å². The number of amides is 1. The Morgan fingerprint density at radius 3 is 3.00 bits per heavy atom. The Hall–Kier alpha value is -1.06. The summed E-state index contributed by atoms with van der Waals surface area (Å²) in [5, 5.41) is 2.56. The first-order valence-electron chi connectivity index (χ1n) is 4.70. The van der Waals surface area contributed by atoms with Crippen molar-refractivity contribution in [1.82, 2.24) is 5.32 Å². The average Bonchev–Trinajstić information content (AvgIpc) is 2.09. The van der Waals surface area contributed by atoms with Crippen molar-refractivity contribution in [2.45, 2.75) is 38.6 Å². The lowest BCUT2D eigenvalue weighted by atomic mass is 9.94. The lowest BCUT2D eigenvalue weighted by Crippen LogP contribution is -2.42. The molecule has 4 nitrogen and oxygen atoms in total. The van der Waals surface area contributed by atoms with Gasteiger partial charge in [-0.1, -0.05) is 6.42 Å². The molecule has 0 unspecified atom stereocenters. The van der Waals surface area contributed by atoms with E-state index in [-0.39, 0.29) is 11.8 Å². The zero-order valence-electron chi connectivity index (χ0n) is 7.84. The number of carbonyl (C=O) groups is 2. The van der Waals surface area contributed by atoms with Crippen LogP contribution in [-0.2, 0) is 9.53 Å². The highest BCUT2D eigenvalue weighted by atomic mass is 16.5. The third kappa shape index (κ3) is 3.05. The van der Waals surface area contributed by atoms with Gasteiger partial charge in [0, 0.05) is 6.42 Å². The molecule has 0 aromatic rings. The Morgan fingerprint density at radius 2 is 2.38 bits per heavy atom. The summed E-state index contributed by atoms with van der Waals surface area (Å²) in [5.74, 6) is 0.124. The van der Waals surface area contributed by atoms with Crippen LogP contribution in [0.2, 0.25) is 0 Å². The third-order valence-electron chi connectivity index (χ3n) is 2.12. The van der Waals surface area contributed by atoms with E-state index in [0.29, 0.717) is 13.0 Å². The summed E-state index contributed by atoms with van der Waals surface area (Å²) in [5.41, 5.74) is 0. The van der Waals surface area contributed by atoms with Crippen LogP contribution in [0.3, 0.4) is 0 Å². The van der Waals surface area contributed by atoms with E-state index in [4.69, 9.17) is 4.74 Å². The largest absolute Gasteiger partial charge is 0.450 e. The van der Waals surface area contributed by atoms with Crippen molar-refractivity contribution in [3.05, 3.63) is 0 Å². The summed E-state index contributed by atoms with van der Waals surface area (Å²) < 4.78 is 4.69. The molecule has 1 rings (SSSR count). The van der Waals surface area contributed by atoms with Gasteiger partial charge >= 0.3 is 6.09 Å². The average molecular weight is 185 g/mol. The van der Waals surface area contributed by atoms with E-state index in [1.165, 1.54) is 0 Å². The molecule has 0 heterocycles. The minimum atomic E-state index is -0.484. The van der Waals surface area contributed by atoms with Crippen LogP contribution in [0.5, 0.6) is 0 Å². The summed E-state index contributed by atoms with van der Waals surface area (Å²) in [4.78, 5) is 22.2. The monoisotopic (exact) mass is 185 g/mol. The maximum absolute atomic E-state index is 11.3. The highest BCUT2D eigenvalue weighted by Gasteiger charge is 2.23. The quantitative estimate of drug-likeness (QED) is 0.704. The first-order valence-corrected chi connectivity index (χ1v) is 4.70. The second-order valence-corrected chi connectivity index (χ2v) is 3.13. The number of ether oxygens (including phenoxy) is 1. The van der Waals surface area contributed by atoms with E-state index >= 15 is 0 Å². The molecule has 13 heavy (non-hydrogen) atoms. The molecule has 1 fully saturated rings. The topological polar surface area (TPSA) is 55.4 Å². The van der Waals surface area contributed by atoms with Gasteiger partial charge in [-0.3, -0.25) is 4.79 Å². The molecule has 0 aromatic heterocycles. The molecule has 4 heteroatoms. The first-order chi connectivity index (χ1) is 6.24. The molecule has 0 aliphatic heterocycles. The number of rotatable bonds is 2. The minimum absolute atomic E-state index is 0.124. The number of Topliss-reactive ketones (excluding diaryl/α,β-unsaturated/α-hetero) is 1. The Balaban J connectivity index is 2.33. The highest BCUT2D eigenvalue weighted by Crippen LogP contribution is 2.14. The Morgan fingerprint density at radius 1 is 1.62 bits per heavy atom. The summed E-state index contributed by atoms with van der Waals surface area (Å²) >= 11 is 0. The van der Waals surface area contributed by atoms with E-state index in [2.05, 4.69) is 5.32 Å². The lowest BCUT2D eigenvalue weighted by molar-refractivity contribution is -0.122. The molecule has 0 aromatic carbocycles. The van der Waals surface area contributed by atoms with Gasteiger partial charge in [-0.2, -0.15) is 0 Å². The van der Waals surface area contributed by atoms with Crippen LogP contribution in [0.4, 0.5) is 4.79 Å². The number of alkyl carbamates (subject to hydrolysis) is 1.